The molecule has 0 saturated carbocycles. The van der Waals surface area contributed by atoms with Gasteiger partial charge in [0.15, 0.2) is 0 Å². The number of ether oxygens (including phenoxy) is 1. The van der Waals surface area contributed by atoms with Gasteiger partial charge in [0.2, 0.25) is 11.7 Å². The molecule has 0 unspecified atom stereocenters. The maximum absolute atomic E-state index is 13.4. The van der Waals surface area contributed by atoms with Gasteiger partial charge in [-0.3, -0.25) is 4.79 Å². The molecule has 3 aromatic rings. The van der Waals surface area contributed by atoms with Crippen LogP contribution in [0, 0.1) is 5.82 Å². The maximum Gasteiger partial charge on any atom is 0.254 e. The van der Waals surface area contributed by atoms with E-state index in [0.29, 0.717) is 11.7 Å². The Morgan fingerprint density at radius 2 is 1.96 bits per heavy atom. The molecule has 0 fully saturated rings. The fourth-order valence-corrected chi connectivity index (χ4v) is 2.60. The highest BCUT2D eigenvalue weighted by Crippen LogP contribution is 2.21. The van der Waals surface area contributed by atoms with Gasteiger partial charge in [-0.1, -0.05) is 11.2 Å². The van der Waals surface area contributed by atoms with Crippen LogP contribution in [0.15, 0.2) is 53.1 Å². The highest BCUT2D eigenvalue weighted by Gasteiger charge is 2.22. The Labute approximate surface area is 156 Å². The van der Waals surface area contributed by atoms with Gasteiger partial charge in [0.1, 0.15) is 18.1 Å². The first-order chi connectivity index (χ1) is 13.0. The molecule has 140 valence electrons. The number of halogens is 1. The van der Waals surface area contributed by atoms with Gasteiger partial charge >= 0.3 is 0 Å². The molecular formula is C20H20FN3O3. The van der Waals surface area contributed by atoms with Gasteiger partial charge in [-0.15, -0.1) is 0 Å². The molecule has 1 aromatic heterocycles. The largest absolute Gasteiger partial charge is 0.497 e. The van der Waals surface area contributed by atoms with Crippen molar-refractivity contribution in [1.82, 2.24) is 15.0 Å². The second kappa shape index (κ2) is 7.99. The zero-order valence-electron chi connectivity index (χ0n) is 15.3. The number of amides is 1. The van der Waals surface area contributed by atoms with Crippen LogP contribution >= 0.6 is 0 Å². The molecule has 0 aliphatic rings. The average molecular weight is 369 g/mol. The number of rotatable bonds is 6. The van der Waals surface area contributed by atoms with Crippen LogP contribution in [0.5, 0.6) is 5.75 Å². The van der Waals surface area contributed by atoms with Gasteiger partial charge in [0.25, 0.3) is 5.91 Å². The molecule has 27 heavy (non-hydrogen) atoms. The third kappa shape index (κ3) is 4.31. The number of methoxy groups -OCH3 is 1. The van der Waals surface area contributed by atoms with E-state index >= 15 is 0 Å². The number of nitrogens with zero attached hydrogens (tertiary/aromatic N) is 3. The van der Waals surface area contributed by atoms with Crippen LogP contribution < -0.4 is 4.74 Å². The lowest BCUT2D eigenvalue weighted by molar-refractivity contribution is 0.0667. The SMILES string of the molecule is COc1ccc(-c2noc(CN(C(=O)c3cccc(F)c3)C(C)C)n2)cc1. The Morgan fingerprint density at radius 3 is 2.59 bits per heavy atom. The van der Waals surface area contributed by atoms with Crippen molar-refractivity contribution in [2.75, 3.05) is 7.11 Å². The molecule has 1 amide bonds. The molecule has 0 aliphatic carbocycles. The summed E-state index contributed by atoms with van der Waals surface area (Å²) in [6, 6.07) is 12.7. The summed E-state index contributed by atoms with van der Waals surface area (Å²) in [5.41, 5.74) is 1.05. The summed E-state index contributed by atoms with van der Waals surface area (Å²) >= 11 is 0. The van der Waals surface area contributed by atoms with Crippen molar-refractivity contribution in [3.8, 4) is 17.1 Å². The summed E-state index contributed by atoms with van der Waals surface area (Å²) < 4.78 is 23.9. The molecule has 0 atom stereocenters. The molecular weight excluding hydrogens is 349 g/mol. The number of benzene rings is 2. The topological polar surface area (TPSA) is 68.5 Å². The van der Waals surface area contributed by atoms with Gasteiger partial charge < -0.3 is 14.2 Å². The van der Waals surface area contributed by atoms with Gasteiger partial charge in [-0.2, -0.15) is 4.98 Å². The van der Waals surface area contributed by atoms with Crippen LogP contribution in [-0.4, -0.2) is 34.1 Å². The zero-order chi connectivity index (χ0) is 19.4. The van der Waals surface area contributed by atoms with Crippen LogP contribution in [0.1, 0.15) is 30.1 Å². The lowest BCUT2D eigenvalue weighted by Crippen LogP contribution is -2.36. The van der Waals surface area contributed by atoms with Crippen LogP contribution in [-0.2, 0) is 6.54 Å². The average Bonchev–Trinajstić information content (AvgIpc) is 3.14. The third-order valence-corrected chi connectivity index (χ3v) is 4.08. The minimum atomic E-state index is -0.455. The van der Waals surface area contributed by atoms with Gasteiger partial charge in [-0.05, 0) is 56.3 Å². The normalized spacial score (nSPS) is 10.9. The summed E-state index contributed by atoms with van der Waals surface area (Å²) in [5, 5.41) is 3.98. The summed E-state index contributed by atoms with van der Waals surface area (Å²) in [6.45, 7) is 3.88. The number of carbonyl (C=O) groups is 1. The quantitative estimate of drug-likeness (QED) is 0.658. The molecule has 0 bridgehead atoms. The third-order valence-electron chi connectivity index (χ3n) is 4.08. The second-order valence-electron chi connectivity index (χ2n) is 6.28. The van der Waals surface area contributed by atoms with Gasteiger partial charge in [0, 0.05) is 17.2 Å². The smallest absolute Gasteiger partial charge is 0.254 e. The van der Waals surface area contributed by atoms with Crippen LogP contribution in [0.3, 0.4) is 0 Å². The fourth-order valence-electron chi connectivity index (χ4n) is 2.60. The van der Waals surface area contributed by atoms with Crippen molar-refractivity contribution in [3.63, 3.8) is 0 Å². The van der Waals surface area contributed by atoms with E-state index in [9.17, 15) is 9.18 Å². The standard InChI is InChI=1S/C20H20FN3O3/c1-13(2)24(20(25)15-5-4-6-16(21)11-15)12-18-22-19(23-27-18)14-7-9-17(26-3)10-8-14/h4-11,13H,12H2,1-3H3. The van der Waals surface area contributed by atoms with E-state index in [2.05, 4.69) is 10.1 Å². The first kappa shape index (κ1) is 18.6. The summed E-state index contributed by atoms with van der Waals surface area (Å²) in [6.07, 6.45) is 0. The van der Waals surface area contributed by atoms with Crippen molar-refractivity contribution in [2.24, 2.45) is 0 Å². The van der Waals surface area contributed by atoms with E-state index in [1.165, 1.54) is 18.2 Å². The Balaban J connectivity index is 1.79. The van der Waals surface area contributed by atoms with Crippen molar-refractivity contribution in [2.45, 2.75) is 26.4 Å². The predicted molar refractivity (Wildman–Crippen MR) is 97.7 cm³/mol. The van der Waals surface area contributed by atoms with E-state index in [0.717, 1.165) is 11.3 Å². The number of hydrogen-bond donors (Lipinski definition) is 0. The molecule has 0 aliphatic heterocycles. The molecule has 6 nitrogen and oxygen atoms in total. The monoisotopic (exact) mass is 369 g/mol. The molecule has 0 spiro atoms. The van der Waals surface area contributed by atoms with Gasteiger partial charge in [-0.25, -0.2) is 4.39 Å². The molecule has 3 rings (SSSR count). The highest BCUT2D eigenvalue weighted by molar-refractivity contribution is 5.94. The maximum atomic E-state index is 13.4. The van der Waals surface area contributed by atoms with E-state index in [-0.39, 0.29) is 24.1 Å². The van der Waals surface area contributed by atoms with Crippen molar-refractivity contribution < 1.29 is 18.4 Å². The fraction of sp³-hybridized carbons (Fsp3) is 0.250. The van der Waals surface area contributed by atoms with Gasteiger partial charge in [0.05, 0.1) is 7.11 Å². The van der Waals surface area contributed by atoms with E-state index in [1.54, 1.807) is 30.2 Å². The minimum Gasteiger partial charge on any atom is -0.497 e. The minimum absolute atomic E-state index is 0.128. The number of aromatic nitrogens is 2. The van der Waals surface area contributed by atoms with Crippen molar-refractivity contribution in [1.29, 1.82) is 0 Å². The molecule has 0 saturated heterocycles. The summed E-state index contributed by atoms with van der Waals surface area (Å²) in [5.74, 6) is 0.709. The van der Waals surface area contributed by atoms with Crippen molar-refractivity contribution >= 4 is 5.91 Å². The molecule has 7 heteroatoms. The zero-order valence-corrected chi connectivity index (χ0v) is 15.3. The Hall–Kier alpha value is -3.22. The number of hydrogen-bond acceptors (Lipinski definition) is 5. The summed E-state index contributed by atoms with van der Waals surface area (Å²) in [4.78, 5) is 18.7. The Bertz CT molecular complexity index is 922. The first-order valence-corrected chi connectivity index (χ1v) is 8.51. The van der Waals surface area contributed by atoms with Crippen LogP contribution in [0.2, 0.25) is 0 Å². The number of carbonyl (C=O) groups excluding carboxylic acids is 1. The van der Waals surface area contributed by atoms with Crippen LogP contribution in [0.25, 0.3) is 11.4 Å². The molecule has 0 radical (unpaired) electrons. The molecule has 1 heterocycles. The van der Waals surface area contributed by atoms with E-state index in [1.807, 2.05) is 26.0 Å². The van der Waals surface area contributed by atoms with E-state index < -0.39 is 5.82 Å². The lowest BCUT2D eigenvalue weighted by Gasteiger charge is -2.25. The lowest BCUT2D eigenvalue weighted by atomic mass is 10.1. The second-order valence-corrected chi connectivity index (χ2v) is 6.28. The van der Waals surface area contributed by atoms with Crippen LogP contribution in [0.4, 0.5) is 4.39 Å². The van der Waals surface area contributed by atoms with Crippen molar-refractivity contribution in [3.05, 3.63) is 65.8 Å². The summed E-state index contributed by atoms with van der Waals surface area (Å²) in [7, 11) is 1.59. The predicted octanol–water partition coefficient (Wildman–Crippen LogP) is 3.94. The highest BCUT2D eigenvalue weighted by atomic mass is 19.1. The Kier molecular flexibility index (Phi) is 5.49. The first-order valence-electron chi connectivity index (χ1n) is 8.51. The van der Waals surface area contributed by atoms with E-state index in [4.69, 9.17) is 9.26 Å². The molecule has 2 aromatic carbocycles. The Morgan fingerprint density at radius 1 is 1.22 bits per heavy atom. The molecule has 0 N–H and O–H groups in total.